The van der Waals surface area contributed by atoms with E-state index in [4.69, 9.17) is 5.26 Å². The Labute approximate surface area is 122 Å². The Morgan fingerprint density at radius 1 is 1.20 bits per heavy atom. The van der Waals surface area contributed by atoms with Crippen LogP contribution in [0.15, 0.2) is 24.3 Å². The van der Waals surface area contributed by atoms with E-state index in [9.17, 15) is 5.11 Å². The molecule has 0 saturated carbocycles. The van der Waals surface area contributed by atoms with E-state index >= 15 is 0 Å². The van der Waals surface area contributed by atoms with Crippen LogP contribution >= 0.6 is 0 Å². The second-order valence-corrected chi connectivity index (χ2v) is 5.30. The lowest BCUT2D eigenvalue weighted by atomic mass is 10.1. The first-order valence-corrected chi connectivity index (χ1v) is 7.12. The number of nitrogens with zero attached hydrogens (tertiary/aromatic N) is 3. The molecule has 1 N–H and O–H groups in total. The summed E-state index contributed by atoms with van der Waals surface area (Å²) in [6.45, 7) is 5.73. The quantitative estimate of drug-likeness (QED) is 0.787. The molecule has 0 aliphatic heterocycles. The number of aliphatic hydroxyl groups is 1. The molecule has 0 amide bonds. The normalized spacial score (nSPS) is 12.7. The Bertz CT molecular complexity index is 422. The number of likely N-dealkylation sites (N-methyl/N-ethyl adjacent to an activating group) is 1. The largest absolute Gasteiger partial charge is 0.387 e. The predicted molar refractivity (Wildman–Crippen MR) is 81.4 cm³/mol. The summed E-state index contributed by atoms with van der Waals surface area (Å²) in [4.78, 5) is 4.43. The fraction of sp³-hybridized carbons (Fsp3) is 0.562. The smallest absolute Gasteiger partial charge is 0.0991 e. The third kappa shape index (κ3) is 5.70. The lowest BCUT2D eigenvalue weighted by Crippen LogP contribution is -2.31. The van der Waals surface area contributed by atoms with Gasteiger partial charge in [0.2, 0.25) is 0 Å². The number of nitriles is 1. The van der Waals surface area contributed by atoms with Gasteiger partial charge in [-0.1, -0.05) is 19.1 Å². The van der Waals surface area contributed by atoms with E-state index < -0.39 is 6.10 Å². The summed E-state index contributed by atoms with van der Waals surface area (Å²) in [5.41, 5.74) is 1.49. The molecule has 0 bridgehead atoms. The topological polar surface area (TPSA) is 50.5 Å². The average Bonchev–Trinajstić information content (AvgIpc) is 2.45. The molecule has 1 aromatic carbocycles. The van der Waals surface area contributed by atoms with Crippen LogP contribution in [-0.2, 0) is 0 Å². The van der Waals surface area contributed by atoms with Gasteiger partial charge in [0, 0.05) is 6.54 Å². The van der Waals surface area contributed by atoms with Crippen LogP contribution in [0.1, 0.15) is 30.6 Å². The van der Waals surface area contributed by atoms with Gasteiger partial charge >= 0.3 is 0 Å². The van der Waals surface area contributed by atoms with Crippen molar-refractivity contribution in [2.75, 3.05) is 40.3 Å². The number of rotatable bonds is 8. The van der Waals surface area contributed by atoms with Crippen LogP contribution in [0.5, 0.6) is 0 Å². The fourth-order valence-corrected chi connectivity index (χ4v) is 2.12. The third-order valence-electron chi connectivity index (χ3n) is 3.38. The molecule has 0 spiro atoms. The Morgan fingerprint density at radius 3 is 2.35 bits per heavy atom. The van der Waals surface area contributed by atoms with E-state index in [1.165, 1.54) is 0 Å². The Morgan fingerprint density at radius 2 is 1.85 bits per heavy atom. The van der Waals surface area contributed by atoms with Gasteiger partial charge in [0.15, 0.2) is 0 Å². The maximum absolute atomic E-state index is 10.3. The van der Waals surface area contributed by atoms with Gasteiger partial charge in [0.05, 0.1) is 17.7 Å². The van der Waals surface area contributed by atoms with Crippen LogP contribution in [0.25, 0.3) is 0 Å². The molecular formula is C16H25N3O. The molecule has 110 valence electrons. The van der Waals surface area contributed by atoms with Crippen LogP contribution in [0.4, 0.5) is 0 Å². The predicted octanol–water partition coefficient (Wildman–Crippen LogP) is 1.87. The second-order valence-electron chi connectivity index (χ2n) is 5.30. The Balaban J connectivity index is 2.49. The molecule has 0 saturated heterocycles. The highest BCUT2D eigenvalue weighted by Crippen LogP contribution is 2.15. The zero-order valence-corrected chi connectivity index (χ0v) is 12.7. The van der Waals surface area contributed by atoms with Crippen molar-refractivity contribution >= 4 is 0 Å². The summed E-state index contributed by atoms with van der Waals surface area (Å²) in [7, 11) is 4.14. The maximum atomic E-state index is 10.3. The van der Waals surface area contributed by atoms with Crippen LogP contribution in [0, 0.1) is 11.3 Å². The van der Waals surface area contributed by atoms with Crippen molar-refractivity contribution in [2.24, 2.45) is 0 Å². The lowest BCUT2D eigenvalue weighted by Gasteiger charge is -2.24. The molecule has 0 heterocycles. The van der Waals surface area contributed by atoms with Gasteiger partial charge in [0.25, 0.3) is 0 Å². The van der Waals surface area contributed by atoms with E-state index in [-0.39, 0.29) is 0 Å². The van der Waals surface area contributed by atoms with Crippen molar-refractivity contribution < 1.29 is 5.11 Å². The van der Waals surface area contributed by atoms with Crippen LogP contribution < -0.4 is 0 Å². The molecule has 4 nitrogen and oxygen atoms in total. The van der Waals surface area contributed by atoms with Gasteiger partial charge in [-0.05, 0) is 57.8 Å². The van der Waals surface area contributed by atoms with Crippen molar-refractivity contribution in [1.29, 1.82) is 5.26 Å². The highest BCUT2D eigenvalue weighted by Gasteiger charge is 2.12. The molecule has 0 aliphatic carbocycles. The minimum absolute atomic E-state index is 0.498. The minimum Gasteiger partial charge on any atom is -0.387 e. The highest BCUT2D eigenvalue weighted by atomic mass is 16.3. The number of aliphatic hydroxyl groups excluding tert-OH is 1. The van der Waals surface area contributed by atoms with Crippen molar-refractivity contribution in [3.63, 3.8) is 0 Å². The van der Waals surface area contributed by atoms with E-state index in [1.54, 1.807) is 12.1 Å². The monoisotopic (exact) mass is 275 g/mol. The van der Waals surface area contributed by atoms with E-state index in [0.717, 1.165) is 31.6 Å². The standard InChI is InChI=1S/C16H25N3O/c1-4-19(11-5-10-18(2)3)13-16(20)15-8-6-14(12-17)7-9-15/h6-9,16,20H,4-5,10-11,13H2,1-3H3. The van der Waals surface area contributed by atoms with Gasteiger partial charge in [-0.25, -0.2) is 0 Å². The summed E-state index contributed by atoms with van der Waals surface area (Å²) in [6, 6.07) is 9.25. The first-order valence-electron chi connectivity index (χ1n) is 7.12. The van der Waals surface area contributed by atoms with Gasteiger partial charge in [-0.2, -0.15) is 5.26 Å². The highest BCUT2D eigenvalue weighted by molar-refractivity contribution is 5.32. The van der Waals surface area contributed by atoms with Gasteiger partial charge in [0.1, 0.15) is 0 Å². The molecule has 20 heavy (non-hydrogen) atoms. The second kappa shape index (κ2) is 8.70. The summed E-state index contributed by atoms with van der Waals surface area (Å²) < 4.78 is 0. The summed E-state index contributed by atoms with van der Waals surface area (Å²) in [6.07, 6.45) is 0.600. The number of hydrogen-bond acceptors (Lipinski definition) is 4. The van der Waals surface area contributed by atoms with Crippen LogP contribution in [0.2, 0.25) is 0 Å². The third-order valence-corrected chi connectivity index (χ3v) is 3.38. The molecule has 1 unspecified atom stereocenters. The Kier molecular flexibility index (Phi) is 7.24. The van der Waals surface area contributed by atoms with E-state index in [1.807, 2.05) is 12.1 Å². The van der Waals surface area contributed by atoms with Gasteiger partial charge in [-0.3, -0.25) is 0 Å². The zero-order chi connectivity index (χ0) is 15.0. The molecule has 1 rings (SSSR count). The fourth-order valence-electron chi connectivity index (χ4n) is 2.12. The van der Waals surface area contributed by atoms with Crippen LogP contribution in [-0.4, -0.2) is 55.2 Å². The molecule has 4 heteroatoms. The van der Waals surface area contributed by atoms with Crippen molar-refractivity contribution in [1.82, 2.24) is 9.80 Å². The summed E-state index contributed by atoms with van der Waals surface area (Å²) in [5, 5.41) is 19.0. The van der Waals surface area contributed by atoms with Crippen molar-refractivity contribution in [3.8, 4) is 6.07 Å². The summed E-state index contributed by atoms with van der Waals surface area (Å²) in [5.74, 6) is 0. The van der Waals surface area contributed by atoms with Crippen molar-refractivity contribution in [2.45, 2.75) is 19.4 Å². The van der Waals surface area contributed by atoms with Gasteiger partial charge < -0.3 is 14.9 Å². The number of hydrogen-bond donors (Lipinski definition) is 1. The van der Waals surface area contributed by atoms with Crippen molar-refractivity contribution in [3.05, 3.63) is 35.4 Å². The van der Waals surface area contributed by atoms with E-state index in [0.29, 0.717) is 12.1 Å². The molecule has 0 fully saturated rings. The maximum Gasteiger partial charge on any atom is 0.0991 e. The first kappa shape index (κ1) is 16.6. The Hall–Kier alpha value is -1.41. The summed E-state index contributed by atoms with van der Waals surface area (Å²) >= 11 is 0. The molecule has 1 atom stereocenters. The molecule has 1 aromatic rings. The first-order chi connectivity index (χ1) is 9.56. The van der Waals surface area contributed by atoms with E-state index in [2.05, 4.69) is 36.9 Å². The molecule has 0 radical (unpaired) electrons. The average molecular weight is 275 g/mol. The minimum atomic E-state index is -0.498. The zero-order valence-electron chi connectivity index (χ0n) is 12.7. The van der Waals surface area contributed by atoms with Crippen LogP contribution in [0.3, 0.4) is 0 Å². The number of benzene rings is 1. The lowest BCUT2D eigenvalue weighted by molar-refractivity contribution is 0.114. The molecular weight excluding hydrogens is 250 g/mol. The SMILES string of the molecule is CCN(CCCN(C)C)CC(O)c1ccc(C#N)cc1. The molecule has 0 aromatic heterocycles. The van der Waals surface area contributed by atoms with Gasteiger partial charge in [-0.15, -0.1) is 0 Å². The molecule has 0 aliphatic rings.